The Balaban J connectivity index is 1.42. The first-order valence-corrected chi connectivity index (χ1v) is 8.89. The molecule has 4 rings (SSSR count). The molecule has 6 heteroatoms. The van der Waals surface area contributed by atoms with Crippen molar-refractivity contribution in [3.63, 3.8) is 0 Å². The van der Waals surface area contributed by atoms with Gasteiger partial charge in [-0.25, -0.2) is 0 Å². The van der Waals surface area contributed by atoms with Crippen molar-refractivity contribution in [2.75, 3.05) is 0 Å². The summed E-state index contributed by atoms with van der Waals surface area (Å²) in [6, 6.07) is 8.29. The lowest BCUT2D eigenvalue weighted by Gasteiger charge is -2.16. The Labute approximate surface area is 146 Å². The fourth-order valence-corrected chi connectivity index (χ4v) is 3.53. The first kappa shape index (κ1) is 15.6. The minimum Gasteiger partial charge on any atom is -0.348 e. The van der Waals surface area contributed by atoms with Gasteiger partial charge in [0.1, 0.15) is 5.82 Å². The summed E-state index contributed by atoms with van der Waals surface area (Å²) in [4.78, 5) is 12.7. The maximum atomic E-state index is 12.7. The Morgan fingerprint density at radius 2 is 2.08 bits per heavy atom. The number of aromatic nitrogens is 3. The molecule has 1 aromatic heterocycles. The van der Waals surface area contributed by atoms with E-state index in [1.807, 2.05) is 31.2 Å². The summed E-state index contributed by atoms with van der Waals surface area (Å²) in [5, 5.41) is 12.2. The summed E-state index contributed by atoms with van der Waals surface area (Å²) in [6.07, 6.45) is 4.89. The van der Waals surface area contributed by atoms with Gasteiger partial charge in [-0.05, 0) is 50.7 Å². The minimum atomic E-state index is -0.301. The van der Waals surface area contributed by atoms with Crippen molar-refractivity contribution in [1.82, 2.24) is 20.1 Å². The Hall–Kier alpha value is -1.88. The highest BCUT2D eigenvalue weighted by atomic mass is 35.5. The number of nitrogens with zero attached hydrogens (tertiary/aromatic N) is 3. The number of hydrogen-bond donors (Lipinski definition) is 1. The lowest BCUT2D eigenvalue weighted by atomic mass is 9.95. The second kappa shape index (κ2) is 5.88. The van der Waals surface area contributed by atoms with Gasteiger partial charge in [-0.15, -0.1) is 10.2 Å². The highest BCUT2D eigenvalue weighted by molar-refractivity contribution is 6.31. The van der Waals surface area contributed by atoms with Crippen molar-refractivity contribution in [2.24, 2.45) is 5.41 Å². The molecule has 2 aliphatic rings. The van der Waals surface area contributed by atoms with Crippen LogP contribution in [-0.2, 0) is 17.8 Å². The molecule has 0 saturated heterocycles. The van der Waals surface area contributed by atoms with Gasteiger partial charge in [0, 0.05) is 11.1 Å². The smallest absolute Gasteiger partial charge is 0.226 e. The predicted molar refractivity (Wildman–Crippen MR) is 91.7 cm³/mol. The van der Waals surface area contributed by atoms with Crippen molar-refractivity contribution in [1.29, 1.82) is 0 Å². The van der Waals surface area contributed by atoms with Crippen molar-refractivity contribution in [2.45, 2.75) is 51.6 Å². The second-order valence-corrected chi connectivity index (χ2v) is 7.40. The first-order valence-electron chi connectivity index (χ1n) is 8.51. The topological polar surface area (TPSA) is 59.8 Å². The maximum absolute atomic E-state index is 12.7. The summed E-state index contributed by atoms with van der Waals surface area (Å²) < 4.78 is 2.16. The fourth-order valence-electron chi connectivity index (χ4n) is 3.33. The minimum absolute atomic E-state index is 0.102. The van der Waals surface area contributed by atoms with Crippen molar-refractivity contribution < 1.29 is 4.79 Å². The fraction of sp³-hybridized carbons (Fsp3) is 0.500. The molecule has 1 heterocycles. The number of hydrogen-bond acceptors (Lipinski definition) is 3. The zero-order valence-corrected chi connectivity index (χ0v) is 14.5. The highest BCUT2D eigenvalue weighted by Gasteiger charge is 2.49. The maximum Gasteiger partial charge on any atom is 0.226 e. The molecule has 0 radical (unpaired) electrons. The summed E-state index contributed by atoms with van der Waals surface area (Å²) in [5.41, 5.74) is 0.744. The van der Waals surface area contributed by atoms with Crippen LogP contribution in [0.25, 0.3) is 0 Å². The van der Waals surface area contributed by atoms with Crippen LogP contribution in [0.2, 0.25) is 5.02 Å². The van der Waals surface area contributed by atoms with Crippen LogP contribution in [0.5, 0.6) is 0 Å². The van der Waals surface area contributed by atoms with Gasteiger partial charge >= 0.3 is 0 Å². The van der Waals surface area contributed by atoms with E-state index < -0.39 is 0 Å². The first-order chi connectivity index (χ1) is 11.6. The lowest BCUT2D eigenvalue weighted by Crippen LogP contribution is -2.33. The van der Waals surface area contributed by atoms with Crippen molar-refractivity contribution >= 4 is 17.5 Å². The van der Waals surface area contributed by atoms with Crippen LogP contribution in [0.4, 0.5) is 0 Å². The van der Waals surface area contributed by atoms with E-state index in [2.05, 4.69) is 20.1 Å². The highest BCUT2D eigenvalue weighted by Crippen LogP contribution is 2.49. The van der Waals surface area contributed by atoms with Crippen LogP contribution in [0.1, 0.15) is 48.9 Å². The molecule has 0 spiro atoms. The number of carbonyl (C=O) groups is 1. The number of nitrogens with one attached hydrogen (secondary N) is 1. The second-order valence-electron chi connectivity index (χ2n) is 7.00. The van der Waals surface area contributed by atoms with Crippen LogP contribution >= 0.6 is 11.6 Å². The molecule has 24 heavy (non-hydrogen) atoms. The summed E-state index contributed by atoms with van der Waals surface area (Å²) in [6.45, 7) is 2.41. The third-order valence-corrected chi connectivity index (χ3v) is 5.45. The van der Waals surface area contributed by atoms with Crippen molar-refractivity contribution in [3.05, 3.63) is 46.5 Å². The van der Waals surface area contributed by atoms with Gasteiger partial charge in [0.2, 0.25) is 5.91 Å². The molecule has 2 aromatic rings. The third-order valence-electron chi connectivity index (χ3n) is 5.08. The van der Waals surface area contributed by atoms with Crippen LogP contribution in [-0.4, -0.2) is 20.7 Å². The summed E-state index contributed by atoms with van der Waals surface area (Å²) >= 11 is 6.25. The molecule has 2 fully saturated rings. The third kappa shape index (κ3) is 2.93. The molecular formula is C18H21ClN4O. The zero-order chi connectivity index (χ0) is 16.7. The molecule has 2 aliphatic carbocycles. The monoisotopic (exact) mass is 344 g/mol. The van der Waals surface area contributed by atoms with E-state index in [1.165, 1.54) is 12.8 Å². The van der Waals surface area contributed by atoms with Gasteiger partial charge in [-0.3, -0.25) is 4.79 Å². The standard InChI is InChI=1S/C18H21ClN4O/c1-12-21-22-16(23(12)14-6-7-14)11-20-17(24)18(8-9-18)10-13-4-2-3-5-15(13)19/h2-5,14H,6-11H2,1H3,(H,20,24). The van der Waals surface area contributed by atoms with E-state index in [-0.39, 0.29) is 11.3 Å². The Bertz CT molecular complexity index is 777. The van der Waals surface area contributed by atoms with Crippen LogP contribution in [0.15, 0.2) is 24.3 Å². The molecule has 0 bridgehead atoms. The zero-order valence-electron chi connectivity index (χ0n) is 13.8. The molecule has 126 valence electrons. The quantitative estimate of drug-likeness (QED) is 0.875. The Morgan fingerprint density at radius 1 is 1.33 bits per heavy atom. The molecule has 1 amide bonds. The van der Waals surface area contributed by atoms with Gasteiger partial charge in [0.05, 0.1) is 12.0 Å². The molecule has 0 aliphatic heterocycles. The predicted octanol–water partition coefficient (Wildman–Crippen LogP) is 3.21. The average molecular weight is 345 g/mol. The van der Waals surface area contributed by atoms with Crippen molar-refractivity contribution in [3.8, 4) is 0 Å². The number of benzene rings is 1. The van der Waals surface area contributed by atoms with Gasteiger partial charge in [-0.2, -0.15) is 0 Å². The van der Waals surface area contributed by atoms with Crippen LogP contribution in [0.3, 0.4) is 0 Å². The number of halogens is 1. The molecule has 2 saturated carbocycles. The van der Waals surface area contributed by atoms with E-state index >= 15 is 0 Å². The van der Waals surface area contributed by atoms with Crippen LogP contribution in [0, 0.1) is 12.3 Å². The molecule has 0 unspecified atom stereocenters. The number of aryl methyl sites for hydroxylation is 1. The van der Waals surface area contributed by atoms with E-state index in [0.29, 0.717) is 19.0 Å². The van der Waals surface area contributed by atoms with E-state index in [9.17, 15) is 4.79 Å². The van der Waals surface area contributed by atoms with Crippen LogP contribution < -0.4 is 5.32 Å². The van der Waals surface area contributed by atoms with E-state index in [4.69, 9.17) is 11.6 Å². The van der Waals surface area contributed by atoms with Gasteiger partial charge in [0.25, 0.3) is 0 Å². The average Bonchev–Trinajstić information content (AvgIpc) is 3.49. The molecule has 5 nitrogen and oxygen atoms in total. The van der Waals surface area contributed by atoms with E-state index in [0.717, 1.165) is 35.1 Å². The summed E-state index contributed by atoms with van der Waals surface area (Å²) in [7, 11) is 0. The molecule has 0 atom stereocenters. The number of amides is 1. The van der Waals surface area contributed by atoms with Gasteiger partial charge < -0.3 is 9.88 Å². The SMILES string of the molecule is Cc1nnc(CNC(=O)C2(Cc3ccccc3Cl)CC2)n1C1CC1. The Kier molecular flexibility index (Phi) is 3.83. The largest absolute Gasteiger partial charge is 0.348 e. The summed E-state index contributed by atoms with van der Waals surface area (Å²) in [5.74, 6) is 1.89. The van der Waals surface area contributed by atoms with Gasteiger partial charge in [0.15, 0.2) is 5.82 Å². The van der Waals surface area contributed by atoms with E-state index in [1.54, 1.807) is 0 Å². The number of rotatable bonds is 6. The molecular weight excluding hydrogens is 324 g/mol. The molecule has 1 N–H and O–H groups in total. The van der Waals surface area contributed by atoms with Gasteiger partial charge in [-0.1, -0.05) is 29.8 Å². The lowest BCUT2D eigenvalue weighted by molar-refractivity contribution is -0.126. The normalized spacial score (nSPS) is 18.4. The number of carbonyl (C=O) groups excluding carboxylic acids is 1. The molecule has 1 aromatic carbocycles. The Morgan fingerprint density at radius 3 is 2.75 bits per heavy atom.